The molecule has 1 unspecified atom stereocenters. The fraction of sp³-hybridized carbons (Fsp3) is 0.407. The summed E-state index contributed by atoms with van der Waals surface area (Å²) < 4.78 is 39.4. The average molecular weight is 486 g/mol. The molecular weight excluding hydrogens is 455 g/mol. The van der Waals surface area contributed by atoms with Crippen LogP contribution in [0.4, 0.5) is 30.2 Å². The molecule has 0 radical (unpaired) electrons. The molecule has 0 fully saturated rings. The van der Waals surface area contributed by atoms with Crippen LogP contribution in [0, 0.1) is 10.1 Å². The normalized spacial score (nSPS) is 21.6. The first kappa shape index (κ1) is 24.8. The van der Waals surface area contributed by atoms with Gasteiger partial charge in [-0.2, -0.15) is 13.2 Å². The highest BCUT2D eigenvalue weighted by atomic mass is 19.4. The number of rotatable bonds is 5. The number of alkyl halides is 3. The van der Waals surface area contributed by atoms with Crippen LogP contribution in [0.5, 0.6) is 0 Å². The monoisotopic (exact) mass is 485 g/mol. The molecule has 0 saturated carbocycles. The van der Waals surface area contributed by atoms with E-state index in [9.17, 15) is 23.3 Å². The Morgan fingerprint density at radius 2 is 1.74 bits per heavy atom. The maximum Gasteiger partial charge on any atom is 0.390 e. The molecule has 2 aliphatic rings. The minimum Gasteiger partial charge on any atom is -0.364 e. The van der Waals surface area contributed by atoms with Gasteiger partial charge < -0.3 is 9.80 Å². The molecule has 2 aromatic carbocycles. The van der Waals surface area contributed by atoms with E-state index in [1.807, 2.05) is 51.3 Å². The number of benzene rings is 2. The third-order valence-electron chi connectivity index (χ3n) is 7.39. The van der Waals surface area contributed by atoms with Crippen molar-refractivity contribution in [1.29, 1.82) is 0 Å². The van der Waals surface area contributed by atoms with Crippen LogP contribution in [0.15, 0.2) is 66.4 Å². The number of para-hydroxylation sites is 1. The largest absolute Gasteiger partial charge is 0.390 e. The van der Waals surface area contributed by atoms with Gasteiger partial charge in [0.25, 0.3) is 5.69 Å². The van der Waals surface area contributed by atoms with Gasteiger partial charge in [-0.3, -0.25) is 10.1 Å². The molecular formula is C27H30F3N3O2. The lowest BCUT2D eigenvalue weighted by atomic mass is 9.80. The molecule has 0 spiro atoms. The second kappa shape index (κ2) is 8.43. The van der Waals surface area contributed by atoms with Gasteiger partial charge >= 0.3 is 6.18 Å². The molecule has 0 aromatic heterocycles. The summed E-state index contributed by atoms with van der Waals surface area (Å²) in [6, 6.07) is 12.2. The van der Waals surface area contributed by atoms with E-state index in [4.69, 9.17) is 0 Å². The highest BCUT2D eigenvalue weighted by Crippen LogP contribution is 2.48. The van der Waals surface area contributed by atoms with Gasteiger partial charge in [0.2, 0.25) is 0 Å². The molecule has 1 atom stereocenters. The molecule has 8 heteroatoms. The average Bonchev–Trinajstić information content (AvgIpc) is 3.11. The Kier molecular flexibility index (Phi) is 5.98. The topological polar surface area (TPSA) is 49.6 Å². The Morgan fingerprint density at radius 1 is 1.06 bits per heavy atom. The molecule has 0 bridgehead atoms. The van der Waals surface area contributed by atoms with E-state index in [1.165, 1.54) is 17.7 Å². The Balaban J connectivity index is 1.71. The first-order valence-electron chi connectivity index (χ1n) is 11.6. The van der Waals surface area contributed by atoms with Crippen LogP contribution in [-0.4, -0.2) is 30.7 Å². The van der Waals surface area contributed by atoms with Gasteiger partial charge in [-0.15, -0.1) is 0 Å². The highest BCUT2D eigenvalue weighted by Gasteiger charge is 2.45. The van der Waals surface area contributed by atoms with Crippen molar-refractivity contribution in [1.82, 2.24) is 0 Å². The summed E-state index contributed by atoms with van der Waals surface area (Å²) in [6.07, 6.45) is 0.584. The molecule has 2 aromatic rings. The van der Waals surface area contributed by atoms with Gasteiger partial charge in [0.05, 0.1) is 17.4 Å². The molecule has 0 amide bonds. The summed E-state index contributed by atoms with van der Waals surface area (Å²) >= 11 is 0. The molecule has 5 nitrogen and oxygen atoms in total. The second-order valence-electron chi connectivity index (χ2n) is 10.3. The molecule has 186 valence electrons. The van der Waals surface area contributed by atoms with E-state index in [1.54, 1.807) is 11.0 Å². The number of nitro groups is 1. The molecule has 2 heterocycles. The lowest BCUT2D eigenvalue weighted by Crippen LogP contribution is -2.41. The van der Waals surface area contributed by atoms with Crippen LogP contribution in [0.1, 0.15) is 45.2 Å². The van der Waals surface area contributed by atoms with E-state index < -0.39 is 29.0 Å². The summed E-state index contributed by atoms with van der Waals surface area (Å²) in [5.74, 6) is 0. The second-order valence-corrected chi connectivity index (χ2v) is 10.3. The van der Waals surface area contributed by atoms with Crippen molar-refractivity contribution < 1.29 is 18.1 Å². The quantitative estimate of drug-likeness (QED) is 0.342. The van der Waals surface area contributed by atoms with Gasteiger partial charge in [-0.25, -0.2) is 0 Å². The summed E-state index contributed by atoms with van der Waals surface area (Å²) in [5.41, 5.74) is 3.81. The number of hydrogen-bond acceptors (Lipinski definition) is 4. The zero-order chi connectivity index (χ0) is 25.8. The van der Waals surface area contributed by atoms with Crippen LogP contribution >= 0.6 is 0 Å². The Hall–Kier alpha value is -3.29. The van der Waals surface area contributed by atoms with Gasteiger partial charge in [-0.05, 0) is 29.3 Å². The fourth-order valence-corrected chi connectivity index (χ4v) is 5.51. The minimum atomic E-state index is -4.30. The van der Waals surface area contributed by atoms with E-state index >= 15 is 0 Å². The first-order valence-corrected chi connectivity index (χ1v) is 11.6. The number of fused-ring (bicyclic) bond motifs is 2. The molecule has 0 aliphatic carbocycles. The van der Waals surface area contributed by atoms with Crippen LogP contribution < -0.4 is 9.80 Å². The molecule has 0 saturated heterocycles. The Labute approximate surface area is 203 Å². The van der Waals surface area contributed by atoms with Crippen LogP contribution in [-0.2, 0) is 10.8 Å². The Bertz CT molecular complexity index is 1210. The van der Waals surface area contributed by atoms with Crippen molar-refractivity contribution in [2.75, 3.05) is 23.4 Å². The minimum absolute atomic E-state index is 0.0635. The number of nitro benzene ring substituents is 1. The van der Waals surface area contributed by atoms with E-state index in [-0.39, 0.29) is 17.6 Å². The third-order valence-corrected chi connectivity index (χ3v) is 7.39. The lowest BCUT2D eigenvalue weighted by Gasteiger charge is -2.32. The number of allylic oxidation sites excluding steroid dienone is 3. The van der Waals surface area contributed by atoms with Gasteiger partial charge in [0, 0.05) is 53.6 Å². The predicted octanol–water partition coefficient (Wildman–Crippen LogP) is 6.88. The summed E-state index contributed by atoms with van der Waals surface area (Å²) in [7, 11) is 2.01. The SMILES string of the molecule is CN1/C(=C/C=C/C2N(CCC(F)(F)F)c3ccc([N+](=O)[O-])cc3C2(C)C)C(C)(C)c2ccccc21. The smallest absolute Gasteiger partial charge is 0.364 e. The fourth-order valence-electron chi connectivity index (χ4n) is 5.51. The van der Waals surface area contributed by atoms with Gasteiger partial charge in [-0.1, -0.05) is 58.0 Å². The standard InChI is InChI=1S/C27H30F3N3O2/c1-25(2)19-9-6-7-10-21(19)31(5)23(25)11-8-12-24-26(3,4)20-17-18(33(34)35)13-14-22(20)32(24)16-15-27(28,29)30/h6-14,17,24H,15-16H2,1-5H3/b12-8+,23-11+. The van der Waals surface area contributed by atoms with E-state index in [0.29, 0.717) is 11.3 Å². The van der Waals surface area contributed by atoms with Crippen molar-refractivity contribution in [2.45, 2.75) is 57.2 Å². The Morgan fingerprint density at radius 3 is 2.37 bits per heavy atom. The molecule has 35 heavy (non-hydrogen) atoms. The number of anilines is 2. The molecule has 2 aliphatic heterocycles. The van der Waals surface area contributed by atoms with Crippen molar-refractivity contribution in [3.63, 3.8) is 0 Å². The zero-order valence-electron chi connectivity index (χ0n) is 20.6. The van der Waals surface area contributed by atoms with E-state index in [0.717, 1.165) is 11.4 Å². The number of hydrogen-bond donors (Lipinski definition) is 0. The molecule has 4 rings (SSSR count). The van der Waals surface area contributed by atoms with Crippen LogP contribution in [0.25, 0.3) is 0 Å². The van der Waals surface area contributed by atoms with Gasteiger partial charge in [0.1, 0.15) is 0 Å². The summed E-state index contributed by atoms with van der Waals surface area (Å²) in [5, 5.41) is 11.4. The van der Waals surface area contributed by atoms with Crippen molar-refractivity contribution in [3.8, 4) is 0 Å². The zero-order valence-corrected chi connectivity index (χ0v) is 20.6. The number of non-ortho nitro benzene ring substituents is 1. The summed E-state index contributed by atoms with van der Waals surface area (Å²) in [6.45, 7) is 7.93. The molecule has 0 N–H and O–H groups in total. The van der Waals surface area contributed by atoms with Crippen molar-refractivity contribution >= 4 is 17.1 Å². The maximum atomic E-state index is 13.1. The van der Waals surface area contributed by atoms with Crippen LogP contribution in [0.3, 0.4) is 0 Å². The number of likely N-dealkylation sites (N-methyl/N-ethyl adjacent to an activating group) is 1. The van der Waals surface area contributed by atoms with Gasteiger partial charge in [0.15, 0.2) is 0 Å². The first-order chi connectivity index (χ1) is 16.2. The van der Waals surface area contributed by atoms with E-state index in [2.05, 4.69) is 30.9 Å². The predicted molar refractivity (Wildman–Crippen MR) is 133 cm³/mol. The number of halogens is 3. The highest BCUT2D eigenvalue weighted by molar-refractivity contribution is 5.71. The summed E-state index contributed by atoms with van der Waals surface area (Å²) in [4.78, 5) is 14.7. The maximum absolute atomic E-state index is 13.1. The number of nitrogens with zero attached hydrogens (tertiary/aromatic N) is 3. The van der Waals surface area contributed by atoms with Crippen LogP contribution in [0.2, 0.25) is 0 Å². The lowest BCUT2D eigenvalue weighted by molar-refractivity contribution is -0.384. The third kappa shape index (κ3) is 4.30. The van der Waals surface area contributed by atoms with Crippen molar-refractivity contribution in [2.24, 2.45) is 0 Å². The van der Waals surface area contributed by atoms with Crippen molar-refractivity contribution in [3.05, 3.63) is 87.6 Å².